The minimum Gasteiger partial charge on any atom is -0.352 e. The molecule has 1 unspecified atom stereocenters. The Balaban J connectivity index is 1.92. The predicted molar refractivity (Wildman–Crippen MR) is 82.4 cm³/mol. The molecular weight excluding hydrogens is 375 g/mol. The molecule has 4 nitrogen and oxygen atoms in total. The molecule has 0 bridgehead atoms. The number of hydrogen-bond donors (Lipinski definition) is 1. The number of halogens is 4. The summed E-state index contributed by atoms with van der Waals surface area (Å²) in [5.74, 6) is -0.574. The third kappa shape index (κ3) is 5.29. The van der Waals surface area contributed by atoms with Gasteiger partial charge in [0.1, 0.15) is 0 Å². The summed E-state index contributed by atoms with van der Waals surface area (Å²) in [5, 5.41) is 2.17. The van der Waals surface area contributed by atoms with Gasteiger partial charge in [0.05, 0.1) is 27.8 Å². The molecule has 1 amide bonds. The maximum absolute atomic E-state index is 12.7. The molecule has 1 aromatic rings. The van der Waals surface area contributed by atoms with E-state index in [2.05, 4.69) is 5.32 Å². The Morgan fingerprint density at radius 3 is 2.65 bits per heavy atom. The molecule has 1 N–H and O–H groups in total. The highest BCUT2D eigenvalue weighted by Gasteiger charge is 2.33. The topological polar surface area (TPSA) is 63.2 Å². The lowest BCUT2D eigenvalue weighted by atomic mass is 10.2. The van der Waals surface area contributed by atoms with E-state index in [1.54, 1.807) is 0 Å². The van der Waals surface area contributed by atoms with E-state index in [9.17, 15) is 26.4 Å². The van der Waals surface area contributed by atoms with Gasteiger partial charge in [-0.3, -0.25) is 4.79 Å². The van der Waals surface area contributed by atoms with Crippen molar-refractivity contribution in [3.8, 4) is 0 Å². The maximum Gasteiger partial charge on any atom is 0.417 e. The second-order valence-corrected chi connectivity index (χ2v) is 8.78. The lowest BCUT2D eigenvalue weighted by Crippen LogP contribution is -2.36. The lowest BCUT2D eigenvalue weighted by Gasteiger charge is -2.12. The minimum atomic E-state index is -4.56. The molecule has 1 heterocycles. The van der Waals surface area contributed by atoms with E-state index in [4.69, 9.17) is 11.6 Å². The van der Waals surface area contributed by atoms with Crippen LogP contribution < -0.4 is 5.32 Å². The lowest BCUT2D eigenvalue weighted by molar-refractivity contribution is -0.137. The number of amides is 1. The predicted octanol–water partition coefficient (Wildman–Crippen LogP) is 2.75. The highest BCUT2D eigenvalue weighted by Crippen LogP contribution is 2.36. The van der Waals surface area contributed by atoms with Crippen molar-refractivity contribution in [2.24, 2.45) is 0 Å². The third-order valence-electron chi connectivity index (χ3n) is 3.21. The fourth-order valence-electron chi connectivity index (χ4n) is 2.14. The highest BCUT2D eigenvalue weighted by molar-refractivity contribution is 8.00. The third-order valence-corrected chi connectivity index (χ3v) is 6.30. The fraction of sp³-hybridized carbons (Fsp3) is 0.462. The van der Waals surface area contributed by atoms with Crippen molar-refractivity contribution in [1.82, 2.24) is 5.32 Å². The second kappa shape index (κ2) is 6.90. The summed E-state index contributed by atoms with van der Waals surface area (Å²) in [6.07, 6.45) is -4.20. The summed E-state index contributed by atoms with van der Waals surface area (Å²) in [6.45, 7) is 0. The van der Waals surface area contributed by atoms with Gasteiger partial charge in [-0.1, -0.05) is 11.6 Å². The zero-order chi connectivity index (χ0) is 17.3. The van der Waals surface area contributed by atoms with E-state index >= 15 is 0 Å². The van der Waals surface area contributed by atoms with Crippen molar-refractivity contribution >= 4 is 39.1 Å². The van der Waals surface area contributed by atoms with E-state index in [0.29, 0.717) is 6.42 Å². The number of rotatable bonds is 4. The first kappa shape index (κ1) is 18.4. The van der Waals surface area contributed by atoms with Gasteiger partial charge in [-0.2, -0.15) is 13.2 Å². The largest absolute Gasteiger partial charge is 0.417 e. The van der Waals surface area contributed by atoms with Crippen molar-refractivity contribution in [2.75, 3.05) is 17.3 Å². The summed E-state index contributed by atoms with van der Waals surface area (Å²) >= 11 is 6.45. The molecule has 1 atom stereocenters. The first-order valence-corrected chi connectivity index (χ1v) is 9.75. The molecule has 1 aromatic carbocycles. The molecule has 0 radical (unpaired) electrons. The number of thioether (sulfide) groups is 1. The molecule has 1 aliphatic rings. The Morgan fingerprint density at radius 1 is 1.39 bits per heavy atom. The molecule has 0 saturated carbocycles. The van der Waals surface area contributed by atoms with Crippen molar-refractivity contribution in [2.45, 2.75) is 23.5 Å². The van der Waals surface area contributed by atoms with Gasteiger partial charge in [-0.25, -0.2) is 8.42 Å². The first-order chi connectivity index (χ1) is 10.6. The number of nitrogens with one attached hydrogen (secondary N) is 1. The highest BCUT2D eigenvalue weighted by atomic mass is 35.5. The van der Waals surface area contributed by atoms with Gasteiger partial charge >= 0.3 is 6.18 Å². The van der Waals surface area contributed by atoms with Crippen LogP contribution in [0.3, 0.4) is 0 Å². The second-order valence-electron chi connectivity index (χ2n) is 5.10. The van der Waals surface area contributed by atoms with E-state index in [1.807, 2.05) is 0 Å². The average Bonchev–Trinajstić information content (AvgIpc) is 2.75. The summed E-state index contributed by atoms with van der Waals surface area (Å²) in [6, 6.07) is 2.99. The van der Waals surface area contributed by atoms with Gasteiger partial charge in [0, 0.05) is 10.9 Å². The average molecular weight is 388 g/mol. The van der Waals surface area contributed by atoms with Crippen LogP contribution in [-0.2, 0) is 20.8 Å². The summed E-state index contributed by atoms with van der Waals surface area (Å²) in [4.78, 5) is 12.0. The molecule has 23 heavy (non-hydrogen) atoms. The van der Waals surface area contributed by atoms with Crippen molar-refractivity contribution in [3.05, 3.63) is 28.8 Å². The van der Waals surface area contributed by atoms with Crippen LogP contribution in [0.25, 0.3) is 0 Å². The monoisotopic (exact) mass is 387 g/mol. The normalized spacial score (nSPS) is 20.4. The summed E-state index contributed by atoms with van der Waals surface area (Å²) in [7, 11) is -3.10. The van der Waals surface area contributed by atoms with Crippen LogP contribution in [0.1, 0.15) is 12.0 Å². The van der Waals surface area contributed by atoms with Gasteiger partial charge in [0.15, 0.2) is 9.84 Å². The molecule has 0 aliphatic carbocycles. The standard InChI is InChI=1S/C13H13ClF3NO3S2/c14-11-2-1-9(5-10(11)13(15,16)17)22-6-12(19)18-8-3-4-23(20,21)7-8/h1-2,5,8H,3-4,6-7H2,(H,18,19). The number of carbonyl (C=O) groups is 1. The quantitative estimate of drug-likeness (QED) is 0.807. The van der Waals surface area contributed by atoms with Crippen LogP contribution >= 0.6 is 23.4 Å². The van der Waals surface area contributed by atoms with Crippen LogP contribution in [0.4, 0.5) is 13.2 Å². The SMILES string of the molecule is O=C(CSc1ccc(Cl)c(C(F)(F)F)c1)NC1CCS(=O)(=O)C1. The van der Waals surface area contributed by atoms with Crippen LogP contribution in [0, 0.1) is 0 Å². The van der Waals surface area contributed by atoms with E-state index < -0.39 is 38.5 Å². The minimum absolute atomic E-state index is 0.0389. The molecule has 1 aliphatic heterocycles. The van der Waals surface area contributed by atoms with E-state index in [0.717, 1.165) is 23.9 Å². The molecule has 2 rings (SSSR count). The number of alkyl halides is 3. The van der Waals surface area contributed by atoms with E-state index in [1.165, 1.54) is 6.07 Å². The maximum atomic E-state index is 12.7. The zero-order valence-corrected chi connectivity index (χ0v) is 14.1. The van der Waals surface area contributed by atoms with Crippen molar-refractivity contribution in [3.63, 3.8) is 0 Å². The Bertz CT molecular complexity index is 707. The zero-order valence-electron chi connectivity index (χ0n) is 11.7. The first-order valence-electron chi connectivity index (χ1n) is 6.56. The van der Waals surface area contributed by atoms with Crippen molar-refractivity contribution in [1.29, 1.82) is 0 Å². The number of hydrogen-bond acceptors (Lipinski definition) is 4. The number of carbonyl (C=O) groups excluding carboxylic acids is 1. The van der Waals surface area contributed by atoms with Gasteiger partial charge in [0.2, 0.25) is 5.91 Å². The Labute approximate surface area is 140 Å². The summed E-state index contributed by atoms with van der Waals surface area (Å²) < 4.78 is 60.8. The Morgan fingerprint density at radius 2 is 2.09 bits per heavy atom. The summed E-state index contributed by atoms with van der Waals surface area (Å²) in [5.41, 5.74) is -0.952. The van der Waals surface area contributed by atoms with Crippen LogP contribution in [0.2, 0.25) is 5.02 Å². The Kier molecular flexibility index (Phi) is 5.52. The molecule has 0 spiro atoms. The molecule has 0 aromatic heterocycles. The Hall–Kier alpha value is -0.930. The van der Waals surface area contributed by atoms with Gasteiger partial charge in [0.25, 0.3) is 0 Å². The molecule has 128 valence electrons. The number of benzene rings is 1. The molecule has 10 heteroatoms. The fourth-order valence-corrected chi connectivity index (χ4v) is 4.78. The number of sulfone groups is 1. The van der Waals surface area contributed by atoms with E-state index in [-0.39, 0.29) is 22.2 Å². The molecule has 1 saturated heterocycles. The molecular formula is C13H13ClF3NO3S2. The van der Waals surface area contributed by atoms with Crippen LogP contribution in [0.5, 0.6) is 0 Å². The van der Waals surface area contributed by atoms with Crippen LogP contribution in [-0.4, -0.2) is 37.6 Å². The van der Waals surface area contributed by atoms with Crippen LogP contribution in [0.15, 0.2) is 23.1 Å². The van der Waals surface area contributed by atoms with Crippen molar-refractivity contribution < 1.29 is 26.4 Å². The molecule has 1 fully saturated rings. The van der Waals surface area contributed by atoms with Gasteiger partial charge in [-0.05, 0) is 24.6 Å². The smallest absolute Gasteiger partial charge is 0.352 e. The van der Waals surface area contributed by atoms with Gasteiger partial charge in [-0.15, -0.1) is 11.8 Å². The van der Waals surface area contributed by atoms with Gasteiger partial charge < -0.3 is 5.32 Å².